The largest absolute Gasteiger partial charge is 0.481 e. The van der Waals surface area contributed by atoms with E-state index >= 15 is 0 Å². The predicted octanol–water partition coefficient (Wildman–Crippen LogP) is 4.90. The second-order valence-electron chi connectivity index (χ2n) is 12.9. The number of ether oxygens (including phenoxy) is 1. The first-order valence-corrected chi connectivity index (χ1v) is 13.0. The van der Waals surface area contributed by atoms with E-state index in [1.54, 1.807) is 0 Å². The van der Waals surface area contributed by atoms with Crippen LogP contribution in [0.4, 0.5) is 0 Å². The molecule has 0 unspecified atom stereocenters. The number of aliphatic carboxylic acids is 1. The van der Waals surface area contributed by atoms with Gasteiger partial charge in [0.2, 0.25) is 0 Å². The summed E-state index contributed by atoms with van der Waals surface area (Å²) in [7, 11) is 0. The van der Waals surface area contributed by atoms with Crippen LogP contribution in [-0.4, -0.2) is 33.9 Å². The Morgan fingerprint density at radius 3 is 2.34 bits per heavy atom. The molecule has 5 aliphatic rings. The van der Waals surface area contributed by atoms with Gasteiger partial charge in [-0.3, -0.25) is 9.59 Å². The molecule has 1 spiro atoms. The summed E-state index contributed by atoms with van der Waals surface area (Å²) in [5, 5.41) is 23.7. The average Bonchev–Trinajstić information content (AvgIpc) is 3.01. The lowest BCUT2D eigenvalue weighted by atomic mass is 9.49. The second kappa shape index (κ2) is 6.73. The second-order valence-corrected chi connectivity index (χ2v) is 12.9. The molecule has 180 valence electrons. The first-order valence-electron chi connectivity index (χ1n) is 13.0. The molecule has 0 aromatic carbocycles. The molecule has 0 aromatic rings. The minimum atomic E-state index is -1.34. The van der Waals surface area contributed by atoms with Crippen molar-refractivity contribution >= 4 is 11.9 Å². The molecule has 5 heteroatoms. The third-order valence-electron chi connectivity index (χ3n) is 11.8. The molecule has 0 aromatic heterocycles. The number of carboxylic acids is 1. The zero-order valence-electron chi connectivity index (χ0n) is 20.7. The minimum absolute atomic E-state index is 0.0451. The zero-order chi connectivity index (χ0) is 23.4. The highest BCUT2D eigenvalue weighted by Gasteiger charge is 2.92. The van der Waals surface area contributed by atoms with Gasteiger partial charge in [-0.1, -0.05) is 34.6 Å². The van der Waals surface area contributed by atoms with E-state index in [9.17, 15) is 19.8 Å². The number of rotatable bonds is 3. The van der Waals surface area contributed by atoms with Crippen molar-refractivity contribution in [2.45, 2.75) is 98.2 Å². The van der Waals surface area contributed by atoms with E-state index in [0.717, 1.165) is 38.5 Å². The Kier molecular flexibility index (Phi) is 4.77. The Balaban J connectivity index is 1.72. The van der Waals surface area contributed by atoms with Crippen LogP contribution in [0.15, 0.2) is 0 Å². The fraction of sp³-hybridized carbons (Fsp3) is 0.926. The highest BCUT2D eigenvalue weighted by atomic mass is 16.5. The van der Waals surface area contributed by atoms with E-state index in [0.29, 0.717) is 24.2 Å². The monoisotopic (exact) mass is 446 g/mol. The van der Waals surface area contributed by atoms with Crippen LogP contribution < -0.4 is 0 Å². The molecule has 0 amide bonds. The van der Waals surface area contributed by atoms with Crippen LogP contribution in [0.25, 0.3) is 0 Å². The van der Waals surface area contributed by atoms with Gasteiger partial charge in [0, 0.05) is 18.3 Å². The molecule has 5 fully saturated rings. The van der Waals surface area contributed by atoms with Gasteiger partial charge in [0.05, 0.1) is 5.60 Å². The van der Waals surface area contributed by atoms with Gasteiger partial charge in [0.25, 0.3) is 0 Å². The van der Waals surface area contributed by atoms with Gasteiger partial charge in [-0.15, -0.1) is 0 Å². The number of carbonyl (C=O) groups excluding carboxylic acids is 1. The van der Waals surface area contributed by atoms with E-state index in [1.807, 2.05) is 0 Å². The van der Waals surface area contributed by atoms with Gasteiger partial charge in [0.15, 0.2) is 0 Å². The lowest BCUT2D eigenvalue weighted by Crippen LogP contribution is -2.67. The Hall–Kier alpha value is -1.10. The summed E-state index contributed by atoms with van der Waals surface area (Å²) < 4.78 is 6.14. The zero-order valence-corrected chi connectivity index (χ0v) is 20.7. The smallest absolute Gasteiger partial charge is 0.313 e. The summed E-state index contributed by atoms with van der Waals surface area (Å²) in [6.07, 6.45) is 5.85. The van der Waals surface area contributed by atoms with Crippen LogP contribution in [0, 0.1) is 57.7 Å². The number of hydrogen-bond acceptors (Lipinski definition) is 4. The van der Waals surface area contributed by atoms with Gasteiger partial charge in [-0.05, 0) is 85.9 Å². The summed E-state index contributed by atoms with van der Waals surface area (Å²) in [6.45, 7) is 12.6. The maximum Gasteiger partial charge on any atom is 0.313 e. The van der Waals surface area contributed by atoms with Crippen molar-refractivity contribution in [1.29, 1.82) is 0 Å². The maximum atomic E-state index is 13.2. The maximum absolute atomic E-state index is 13.2. The number of carbonyl (C=O) groups is 2. The number of aliphatic hydroxyl groups is 1. The van der Waals surface area contributed by atoms with Gasteiger partial charge in [-0.2, -0.15) is 0 Å². The quantitative estimate of drug-likeness (QED) is 0.602. The van der Waals surface area contributed by atoms with Crippen LogP contribution in [-0.2, 0) is 14.3 Å². The lowest BCUT2D eigenvalue weighted by molar-refractivity contribution is -0.239. The first kappa shape index (κ1) is 22.7. The van der Waals surface area contributed by atoms with Crippen molar-refractivity contribution in [1.82, 2.24) is 0 Å². The highest BCUT2D eigenvalue weighted by molar-refractivity contribution is 5.84. The summed E-state index contributed by atoms with van der Waals surface area (Å²) in [5.74, 6) is 0.0662. The molecule has 5 saturated carbocycles. The van der Waals surface area contributed by atoms with E-state index in [4.69, 9.17) is 4.74 Å². The molecular formula is C27H42O5. The van der Waals surface area contributed by atoms with Crippen molar-refractivity contribution < 1.29 is 24.5 Å². The van der Waals surface area contributed by atoms with Gasteiger partial charge in [0.1, 0.15) is 11.5 Å². The van der Waals surface area contributed by atoms with Crippen molar-refractivity contribution in [3.8, 4) is 0 Å². The summed E-state index contributed by atoms with van der Waals surface area (Å²) in [4.78, 5) is 25.6. The molecule has 0 radical (unpaired) electrons. The molecule has 0 bridgehead atoms. The molecule has 5 rings (SSSR count). The molecule has 0 heterocycles. The van der Waals surface area contributed by atoms with Crippen molar-refractivity contribution in [3.63, 3.8) is 0 Å². The molecule has 11 atom stereocenters. The Morgan fingerprint density at radius 2 is 1.75 bits per heavy atom. The number of fused-ring (bicyclic) bond motifs is 4. The van der Waals surface area contributed by atoms with Crippen LogP contribution >= 0.6 is 0 Å². The van der Waals surface area contributed by atoms with Crippen LogP contribution in [0.3, 0.4) is 0 Å². The predicted molar refractivity (Wildman–Crippen MR) is 121 cm³/mol. The van der Waals surface area contributed by atoms with Gasteiger partial charge in [-0.25, -0.2) is 0 Å². The van der Waals surface area contributed by atoms with Crippen LogP contribution in [0.1, 0.15) is 86.5 Å². The fourth-order valence-corrected chi connectivity index (χ4v) is 10.6. The van der Waals surface area contributed by atoms with E-state index in [1.165, 1.54) is 6.92 Å². The lowest BCUT2D eigenvalue weighted by Gasteiger charge is -2.59. The third-order valence-corrected chi connectivity index (χ3v) is 11.8. The summed E-state index contributed by atoms with van der Waals surface area (Å²) >= 11 is 0. The molecule has 0 aliphatic heterocycles. The highest BCUT2D eigenvalue weighted by Crippen LogP contribution is 2.88. The third kappa shape index (κ3) is 2.30. The van der Waals surface area contributed by atoms with E-state index in [-0.39, 0.29) is 40.5 Å². The molecule has 0 saturated heterocycles. The van der Waals surface area contributed by atoms with Crippen molar-refractivity contribution in [2.75, 3.05) is 0 Å². The van der Waals surface area contributed by atoms with Gasteiger partial charge < -0.3 is 14.9 Å². The van der Waals surface area contributed by atoms with Crippen molar-refractivity contribution in [3.05, 3.63) is 0 Å². The van der Waals surface area contributed by atoms with Crippen LogP contribution in [0.5, 0.6) is 0 Å². The number of carboxylic acid groups (broad SMARTS) is 1. The minimum Gasteiger partial charge on any atom is -0.481 e. The summed E-state index contributed by atoms with van der Waals surface area (Å²) in [6, 6.07) is 0. The van der Waals surface area contributed by atoms with E-state index in [2.05, 4.69) is 34.6 Å². The molecule has 5 aliphatic carbocycles. The molecule has 32 heavy (non-hydrogen) atoms. The first-order chi connectivity index (χ1) is 14.9. The SMILES string of the molecule is CC(=O)O[C@@H]1[C@@H]2[C@@H](C)CC[C@@]34[C@@H](CC[C@@H]3C)[C@]4(C(=O)O)[C@@]2(O)C[C@H]2[C@@H](C(C)C)CC[C@]12C. The number of hydrogen-bond donors (Lipinski definition) is 2. The Morgan fingerprint density at radius 1 is 1.06 bits per heavy atom. The van der Waals surface area contributed by atoms with Crippen molar-refractivity contribution in [2.24, 2.45) is 57.7 Å². The topological polar surface area (TPSA) is 83.8 Å². The van der Waals surface area contributed by atoms with E-state index < -0.39 is 23.1 Å². The summed E-state index contributed by atoms with van der Waals surface area (Å²) in [5.41, 5.74) is -2.96. The van der Waals surface area contributed by atoms with Crippen LogP contribution in [0.2, 0.25) is 0 Å². The Labute approximate surface area is 192 Å². The molecule has 5 nitrogen and oxygen atoms in total. The average molecular weight is 447 g/mol. The molecular weight excluding hydrogens is 404 g/mol. The normalized spacial score (nSPS) is 55.9. The standard InChI is InChI=1S/C27H42O5/c1-14(2)18-10-11-24(6)19(18)13-26(31)21(22(24)32-17(5)28)15(3)9-12-25-16(4)7-8-20(25)27(25,26)23(29)30/h14-16,18-22,31H,7-13H2,1-6H3,(H,29,30)/t15-,16-,18+,19-,20+,21-,22+,24-,25-,26+,27+/m0/s1. The number of esters is 1. The fourth-order valence-electron chi connectivity index (χ4n) is 10.6. The Bertz CT molecular complexity index is 838. The molecule has 2 N–H and O–H groups in total. The van der Waals surface area contributed by atoms with Gasteiger partial charge >= 0.3 is 11.9 Å².